The average molecular weight is 244 g/mol. The smallest absolute Gasteiger partial charge is 0.219 e. The zero-order chi connectivity index (χ0) is 13.8. The topological polar surface area (TPSA) is 49.4 Å². The number of carbonyl (C=O) groups excluding carboxylic acids is 2. The Kier molecular flexibility index (Phi) is 12.3. The maximum absolute atomic E-state index is 10.5. The molecule has 0 aliphatic carbocycles. The molecule has 4 nitrogen and oxygen atoms in total. The summed E-state index contributed by atoms with van der Waals surface area (Å²) in [6.07, 6.45) is 2.05. The van der Waals surface area contributed by atoms with Crippen LogP contribution in [0, 0.1) is 0 Å². The standard InChI is InChI=1S/C7H15NO.C6H13NO/c1-4-7(5-2)8-6(3)9;1-4-7(5-2)6(3)8/h7H,4-5H2,1-3H3,(H,8,9);4-5H2,1-3H3. The van der Waals surface area contributed by atoms with Crippen LogP contribution in [0.25, 0.3) is 0 Å². The molecule has 0 rings (SSSR count). The third kappa shape index (κ3) is 11.2. The highest BCUT2D eigenvalue weighted by Crippen LogP contribution is 1.94. The van der Waals surface area contributed by atoms with E-state index in [2.05, 4.69) is 19.2 Å². The van der Waals surface area contributed by atoms with Gasteiger partial charge in [-0.05, 0) is 26.7 Å². The highest BCUT2D eigenvalue weighted by Gasteiger charge is 2.01. The van der Waals surface area contributed by atoms with Gasteiger partial charge in [0.15, 0.2) is 0 Å². The Labute approximate surface area is 106 Å². The number of rotatable bonds is 5. The third-order valence-corrected chi connectivity index (χ3v) is 2.60. The van der Waals surface area contributed by atoms with E-state index in [1.807, 2.05) is 13.8 Å². The molecule has 0 aliphatic heterocycles. The Balaban J connectivity index is 0. The van der Waals surface area contributed by atoms with Crippen LogP contribution >= 0.6 is 0 Å². The molecule has 0 aromatic carbocycles. The predicted molar refractivity (Wildman–Crippen MR) is 71.8 cm³/mol. The Bertz CT molecular complexity index is 209. The quantitative estimate of drug-likeness (QED) is 0.806. The SMILES string of the molecule is CCC(CC)NC(C)=O.CCN(CC)C(C)=O. The number of carbonyl (C=O) groups is 2. The van der Waals surface area contributed by atoms with Gasteiger partial charge < -0.3 is 10.2 Å². The molecular weight excluding hydrogens is 216 g/mol. The molecule has 4 heteroatoms. The van der Waals surface area contributed by atoms with Gasteiger partial charge in [-0.2, -0.15) is 0 Å². The summed E-state index contributed by atoms with van der Waals surface area (Å²) in [6, 6.07) is 0.377. The third-order valence-electron chi connectivity index (χ3n) is 2.60. The summed E-state index contributed by atoms with van der Waals surface area (Å²) < 4.78 is 0. The maximum Gasteiger partial charge on any atom is 0.219 e. The average Bonchev–Trinajstić information content (AvgIpc) is 2.27. The van der Waals surface area contributed by atoms with Gasteiger partial charge in [0, 0.05) is 33.0 Å². The van der Waals surface area contributed by atoms with Crippen molar-refractivity contribution in [3.63, 3.8) is 0 Å². The van der Waals surface area contributed by atoms with E-state index in [9.17, 15) is 9.59 Å². The van der Waals surface area contributed by atoms with Crippen LogP contribution in [0.4, 0.5) is 0 Å². The molecule has 0 spiro atoms. The van der Waals surface area contributed by atoms with Gasteiger partial charge in [-0.15, -0.1) is 0 Å². The summed E-state index contributed by atoms with van der Waals surface area (Å²) in [6.45, 7) is 12.9. The van der Waals surface area contributed by atoms with Crippen LogP contribution in [0.1, 0.15) is 54.4 Å². The summed E-state index contributed by atoms with van der Waals surface area (Å²) in [7, 11) is 0. The van der Waals surface area contributed by atoms with Crippen LogP contribution < -0.4 is 5.32 Å². The molecule has 0 saturated carbocycles. The first-order valence-electron chi connectivity index (χ1n) is 6.45. The fourth-order valence-electron chi connectivity index (χ4n) is 1.45. The van der Waals surface area contributed by atoms with E-state index >= 15 is 0 Å². The van der Waals surface area contributed by atoms with Gasteiger partial charge in [-0.1, -0.05) is 13.8 Å². The van der Waals surface area contributed by atoms with E-state index in [0.717, 1.165) is 25.9 Å². The monoisotopic (exact) mass is 244 g/mol. The van der Waals surface area contributed by atoms with Crippen molar-refractivity contribution in [2.24, 2.45) is 0 Å². The fraction of sp³-hybridized carbons (Fsp3) is 0.846. The molecule has 0 radical (unpaired) electrons. The molecule has 0 heterocycles. The lowest BCUT2D eigenvalue weighted by molar-refractivity contribution is -0.128. The van der Waals surface area contributed by atoms with Crippen molar-refractivity contribution in [1.82, 2.24) is 10.2 Å². The lowest BCUT2D eigenvalue weighted by Gasteiger charge is -2.14. The van der Waals surface area contributed by atoms with Gasteiger partial charge in [-0.25, -0.2) is 0 Å². The van der Waals surface area contributed by atoms with E-state index in [-0.39, 0.29) is 11.8 Å². The molecule has 0 unspecified atom stereocenters. The molecule has 0 aromatic heterocycles. The minimum Gasteiger partial charge on any atom is -0.354 e. The van der Waals surface area contributed by atoms with Gasteiger partial charge in [0.1, 0.15) is 0 Å². The zero-order valence-corrected chi connectivity index (χ0v) is 12.2. The summed E-state index contributed by atoms with van der Waals surface area (Å²) in [5.41, 5.74) is 0. The van der Waals surface area contributed by atoms with Gasteiger partial charge >= 0.3 is 0 Å². The highest BCUT2D eigenvalue weighted by molar-refractivity contribution is 5.73. The van der Waals surface area contributed by atoms with Crippen LogP contribution in [0.15, 0.2) is 0 Å². The van der Waals surface area contributed by atoms with Gasteiger partial charge in [0.05, 0.1) is 0 Å². The lowest BCUT2D eigenvalue weighted by atomic mass is 10.2. The zero-order valence-electron chi connectivity index (χ0n) is 12.2. The van der Waals surface area contributed by atoms with E-state index < -0.39 is 0 Å². The number of amides is 2. The number of nitrogens with one attached hydrogen (secondary N) is 1. The Morgan fingerprint density at radius 1 is 1.00 bits per heavy atom. The Morgan fingerprint density at radius 2 is 1.41 bits per heavy atom. The van der Waals surface area contributed by atoms with Crippen LogP contribution in [0.5, 0.6) is 0 Å². The van der Waals surface area contributed by atoms with Crippen molar-refractivity contribution < 1.29 is 9.59 Å². The van der Waals surface area contributed by atoms with Crippen molar-refractivity contribution >= 4 is 11.8 Å². The molecule has 0 fully saturated rings. The number of hydrogen-bond acceptors (Lipinski definition) is 2. The van der Waals surface area contributed by atoms with E-state index in [4.69, 9.17) is 0 Å². The second kappa shape index (κ2) is 11.4. The van der Waals surface area contributed by atoms with Crippen LogP contribution in [-0.2, 0) is 9.59 Å². The fourth-order valence-corrected chi connectivity index (χ4v) is 1.45. The van der Waals surface area contributed by atoms with E-state index in [1.165, 1.54) is 0 Å². The maximum atomic E-state index is 10.5. The number of hydrogen-bond donors (Lipinski definition) is 1. The molecule has 17 heavy (non-hydrogen) atoms. The first-order valence-corrected chi connectivity index (χ1v) is 6.45. The summed E-state index contributed by atoms with van der Waals surface area (Å²) >= 11 is 0. The molecular formula is C13H28N2O2. The molecule has 0 bridgehead atoms. The van der Waals surface area contributed by atoms with Crippen molar-refractivity contribution in [3.05, 3.63) is 0 Å². The molecule has 1 N–H and O–H groups in total. The summed E-state index contributed by atoms with van der Waals surface area (Å²) in [5, 5.41) is 2.84. The normalized spacial score (nSPS) is 9.35. The van der Waals surface area contributed by atoms with Crippen molar-refractivity contribution in [2.75, 3.05) is 13.1 Å². The highest BCUT2D eigenvalue weighted by atomic mass is 16.2. The molecule has 0 aromatic rings. The van der Waals surface area contributed by atoms with Gasteiger partial charge in [-0.3, -0.25) is 9.59 Å². The molecule has 2 amide bonds. The van der Waals surface area contributed by atoms with Crippen LogP contribution in [0.3, 0.4) is 0 Å². The summed E-state index contributed by atoms with van der Waals surface area (Å²) in [5.74, 6) is 0.235. The Hall–Kier alpha value is -1.06. The van der Waals surface area contributed by atoms with E-state index in [1.54, 1.807) is 18.7 Å². The number of nitrogens with zero attached hydrogens (tertiary/aromatic N) is 1. The molecule has 0 aliphatic rings. The largest absolute Gasteiger partial charge is 0.354 e. The summed E-state index contributed by atoms with van der Waals surface area (Å²) in [4.78, 5) is 22.8. The van der Waals surface area contributed by atoms with Gasteiger partial charge in [0.25, 0.3) is 0 Å². The molecule has 0 saturated heterocycles. The first kappa shape index (κ1) is 18.3. The second-order valence-electron chi connectivity index (χ2n) is 3.91. The van der Waals surface area contributed by atoms with Crippen LogP contribution in [-0.4, -0.2) is 35.8 Å². The van der Waals surface area contributed by atoms with E-state index in [0.29, 0.717) is 6.04 Å². The van der Waals surface area contributed by atoms with Crippen molar-refractivity contribution in [3.8, 4) is 0 Å². The van der Waals surface area contributed by atoms with Crippen molar-refractivity contribution in [2.45, 2.75) is 60.4 Å². The Morgan fingerprint density at radius 3 is 1.47 bits per heavy atom. The molecule has 102 valence electrons. The van der Waals surface area contributed by atoms with Crippen molar-refractivity contribution in [1.29, 1.82) is 0 Å². The minimum absolute atomic E-state index is 0.0729. The van der Waals surface area contributed by atoms with Gasteiger partial charge in [0.2, 0.25) is 11.8 Å². The van der Waals surface area contributed by atoms with Crippen LogP contribution in [0.2, 0.25) is 0 Å². The molecule has 0 atom stereocenters. The first-order chi connectivity index (χ1) is 7.92. The predicted octanol–water partition coefficient (Wildman–Crippen LogP) is 2.19. The minimum atomic E-state index is 0.0729. The second-order valence-corrected chi connectivity index (χ2v) is 3.91. The lowest BCUT2D eigenvalue weighted by Crippen LogP contribution is -2.31.